The maximum atomic E-state index is 10.9. The molecule has 0 bridgehead atoms. The van der Waals surface area contributed by atoms with Crippen molar-refractivity contribution >= 4 is 23.0 Å². The summed E-state index contributed by atoms with van der Waals surface area (Å²) in [5.74, 6) is 1.29. The Morgan fingerprint density at radius 1 is 1.50 bits per heavy atom. The highest BCUT2D eigenvalue weighted by molar-refractivity contribution is 6.31. The predicted molar refractivity (Wildman–Crippen MR) is 73.1 cm³/mol. The van der Waals surface area contributed by atoms with Gasteiger partial charge in [0.15, 0.2) is 0 Å². The SMILES string of the molecule is CC1CCCC1CNc1cc(Cl)ccc1[N+](=O)[O-]. The standard InChI is InChI=1S/C13H17ClN2O2/c1-9-3-2-4-10(9)8-15-12-7-11(14)5-6-13(12)16(17)18/h5-7,9-10,15H,2-4,8H2,1H3. The average molecular weight is 269 g/mol. The molecule has 1 fully saturated rings. The van der Waals surface area contributed by atoms with Gasteiger partial charge >= 0.3 is 0 Å². The Hall–Kier alpha value is -1.29. The molecule has 0 spiro atoms. The van der Waals surface area contributed by atoms with Gasteiger partial charge < -0.3 is 5.32 Å². The Labute approximate surface area is 111 Å². The highest BCUT2D eigenvalue weighted by atomic mass is 35.5. The number of halogens is 1. The molecule has 0 aliphatic heterocycles. The molecule has 98 valence electrons. The third-order valence-corrected chi connectivity index (χ3v) is 3.98. The van der Waals surface area contributed by atoms with Crippen LogP contribution < -0.4 is 5.32 Å². The van der Waals surface area contributed by atoms with Crippen LogP contribution in [0.25, 0.3) is 0 Å². The van der Waals surface area contributed by atoms with Crippen LogP contribution in [0.2, 0.25) is 5.02 Å². The van der Waals surface area contributed by atoms with Gasteiger partial charge in [-0.25, -0.2) is 0 Å². The first kappa shape index (κ1) is 13.1. The average Bonchev–Trinajstić information content (AvgIpc) is 2.72. The van der Waals surface area contributed by atoms with Gasteiger partial charge in [-0.2, -0.15) is 0 Å². The first-order valence-corrected chi connectivity index (χ1v) is 6.63. The normalized spacial score (nSPS) is 23.0. The molecule has 1 aliphatic carbocycles. The van der Waals surface area contributed by atoms with Crippen molar-refractivity contribution in [2.45, 2.75) is 26.2 Å². The van der Waals surface area contributed by atoms with Gasteiger partial charge in [-0.05, 0) is 30.4 Å². The van der Waals surface area contributed by atoms with Gasteiger partial charge in [-0.1, -0.05) is 31.4 Å². The van der Waals surface area contributed by atoms with E-state index in [4.69, 9.17) is 11.6 Å². The number of nitro benzene ring substituents is 1. The number of anilines is 1. The number of nitrogens with one attached hydrogen (secondary N) is 1. The minimum atomic E-state index is -0.378. The summed E-state index contributed by atoms with van der Waals surface area (Å²) in [6.45, 7) is 3.02. The molecule has 0 heterocycles. The van der Waals surface area contributed by atoms with E-state index in [1.165, 1.54) is 25.3 Å². The summed E-state index contributed by atoms with van der Waals surface area (Å²) < 4.78 is 0. The zero-order chi connectivity index (χ0) is 13.1. The smallest absolute Gasteiger partial charge is 0.292 e. The lowest BCUT2D eigenvalue weighted by Crippen LogP contribution is -2.17. The molecular formula is C13H17ClN2O2. The fourth-order valence-electron chi connectivity index (χ4n) is 2.58. The quantitative estimate of drug-likeness (QED) is 0.661. The van der Waals surface area contributed by atoms with Crippen LogP contribution in [0, 0.1) is 22.0 Å². The van der Waals surface area contributed by atoms with Crippen LogP contribution in [-0.2, 0) is 0 Å². The summed E-state index contributed by atoms with van der Waals surface area (Å²) in [5, 5.41) is 14.6. The van der Waals surface area contributed by atoms with Crippen molar-refractivity contribution in [3.05, 3.63) is 33.3 Å². The van der Waals surface area contributed by atoms with E-state index in [0.717, 1.165) is 6.54 Å². The van der Waals surface area contributed by atoms with Gasteiger partial charge in [-0.15, -0.1) is 0 Å². The molecule has 0 saturated heterocycles. The van der Waals surface area contributed by atoms with Crippen LogP contribution in [0.5, 0.6) is 0 Å². The van der Waals surface area contributed by atoms with Crippen molar-refractivity contribution in [2.24, 2.45) is 11.8 Å². The lowest BCUT2D eigenvalue weighted by Gasteiger charge is -2.16. The summed E-state index contributed by atoms with van der Waals surface area (Å²) in [7, 11) is 0. The van der Waals surface area contributed by atoms with Crippen LogP contribution in [0.15, 0.2) is 18.2 Å². The summed E-state index contributed by atoms with van der Waals surface area (Å²) in [6, 6.07) is 4.62. The third-order valence-electron chi connectivity index (χ3n) is 3.75. The molecule has 2 unspecified atom stereocenters. The van der Waals surface area contributed by atoms with Crippen molar-refractivity contribution in [1.29, 1.82) is 0 Å². The molecule has 0 aromatic heterocycles. The first-order chi connectivity index (χ1) is 8.58. The molecule has 1 saturated carbocycles. The lowest BCUT2D eigenvalue weighted by molar-refractivity contribution is -0.384. The van der Waals surface area contributed by atoms with Gasteiger partial charge in [0.2, 0.25) is 0 Å². The van der Waals surface area contributed by atoms with Crippen LogP contribution >= 0.6 is 11.6 Å². The molecule has 2 rings (SSSR count). The van der Waals surface area contributed by atoms with E-state index >= 15 is 0 Å². The second-order valence-electron chi connectivity index (χ2n) is 4.97. The molecule has 18 heavy (non-hydrogen) atoms. The van der Waals surface area contributed by atoms with Crippen molar-refractivity contribution in [3.8, 4) is 0 Å². The monoisotopic (exact) mass is 268 g/mol. The van der Waals surface area contributed by atoms with Crippen LogP contribution in [-0.4, -0.2) is 11.5 Å². The molecule has 1 aliphatic rings. The van der Waals surface area contributed by atoms with E-state index in [2.05, 4.69) is 12.2 Å². The van der Waals surface area contributed by atoms with Crippen LogP contribution in [0.4, 0.5) is 11.4 Å². The van der Waals surface area contributed by atoms with Crippen molar-refractivity contribution in [2.75, 3.05) is 11.9 Å². The minimum Gasteiger partial charge on any atom is -0.379 e. The number of rotatable bonds is 4. The summed E-state index contributed by atoms with van der Waals surface area (Å²) in [4.78, 5) is 10.5. The van der Waals surface area contributed by atoms with Gasteiger partial charge in [0, 0.05) is 17.6 Å². The van der Waals surface area contributed by atoms with Crippen molar-refractivity contribution in [1.82, 2.24) is 0 Å². The largest absolute Gasteiger partial charge is 0.379 e. The van der Waals surface area contributed by atoms with Gasteiger partial charge in [0.05, 0.1) is 4.92 Å². The Kier molecular flexibility index (Phi) is 4.07. The van der Waals surface area contributed by atoms with E-state index in [9.17, 15) is 10.1 Å². The summed E-state index contributed by atoms with van der Waals surface area (Å²) in [5.41, 5.74) is 0.608. The Morgan fingerprint density at radius 3 is 2.89 bits per heavy atom. The maximum Gasteiger partial charge on any atom is 0.292 e. The second-order valence-corrected chi connectivity index (χ2v) is 5.40. The zero-order valence-electron chi connectivity index (χ0n) is 10.4. The molecule has 1 aromatic rings. The van der Waals surface area contributed by atoms with Gasteiger partial charge in [0.25, 0.3) is 5.69 Å². The molecule has 5 heteroatoms. The number of hydrogen-bond acceptors (Lipinski definition) is 3. The van der Waals surface area contributed by atoms with Crippen LogP contribution in [0.1, 0.15) is 26.2 Å². The molecule has 0 amide bonds. The Morgan fingerprint density at radius 2 is 2.28 bits per heavy atom. The molecule has 1 aromatic carbocycles. The maximum absolute atomic E-state index is 10.9. The fourth-order valence-corrected chi connectivity index (χ4v) is 2.75. The number of nitrogens with zero attached hydrogens (tertiary/aromatic N) is 1. The molecule has 0 radical (unpaired) electrons. The highest BCUT2D eigenvalue weighted by Gasteiger charge is 2.24. The second kappa shape index (κ2) is 5.57. The third kappa shape index (κ3) is 2.93. The van der Waals surface area contributed by atoms with E-state index in [0.29, 0.717) is 22.5 Å². The lowest BCUT2D eigenvalue weighted by atomic mass is 9.98. The predicted octanol–water partition coefficient (Wildman–Crippen LogP) is 4.10. The van der Waals surface area contributed by atoms with Gasteiger partial charge in [-0.3, -0.25) is 10.1 Å². The first-order valence-electron chi connectivity index (χ1n) is 6.25. The summed E-state index contributed by atoms with van der Waals surface area (Å²) in [6.07, 6.45) is 3.71. The number of benzene rings is 1. The minimum absolute atomic E-state index is 0.0880. The Bertz CT molecular complexity index is 451. The highest BCUT2D eigenvalue weighted by Crippen LogP contribution is 2.33. The molecule has 1 N–H and O–H groups in total. The van der Waals surface area contributed by atoms with E-state index < -0.39 is 0 Å². The van der Waals surface area contributed by atoms with Crippen molar-refractivity contribution < 1.29 is 4.92 Å². The topological polar surface area (TPSA) is 55.2 Å². The molecule has 2 atom stereocenters. The van der Waals surface area contributed by atoms with E-state index in [1.54, 1.807) is 12.1 Å². The number of nitro groups is 1. The van der Waals surface area contributed by atoms with E-state index in [1.807, 2.05) is 0 Å². The van der Waals surface area contributed by atoms with Gasteiger partial charge in [0.1, 0.15) is 5.69 Å². The Balaban J connectivity index is 2.08. The number of hydrogen-bond donors (Lipinski definition) is 1. The molecule has 4 nitrogen and oxygen atoms in total. The van der Waals surface area contributed by atoms with E-state index in [-0.39, 0.29) is 10.6 Å². The fraction of sp³-hybridized carbons (Fsp3) is 0.538. The van der Waals surface area contributed by atoms with Crippen LogP contribution in [0.3, 0.4) is 0 Å². The summed E-state index contributed by atoms with van der Waals surface area (Å²) >= 11 is 5.88. The zero-order valence-corrected chi connectivity index (χ0v) is 11.1. The van der Waals surface area contributed by atoms with Crippen molar-refractivity contribution in [3.63, 3.8) is 0 Å². The molecular weight excluding hydrogens is 252 g/mol.